The Labute approximate surface area is 151 Å². The predicted molar refractivity (Wildman–Crippen MR) is 116 cm³/mol. The van der Waals surface area contributed by atoms with E-state index < -0.39 is 0 Å². The summed E-state index contributed by atoms with van der Waals surface area (Å²) in [5.74, 6) is 3.68. The predicted octanol–water partition coefficient (Wildman–Crippen LogP) is 8.38. The Balaban J connectivity index is 4.41. The van der Waals surface area contributed by atoms with E-state index in [1.807, 2.05) is 0 Å². The molecule has 0 aromatic heterocycles. The van der Waals surface area contributed by atoms with Gasteiger partial charge in [0.25, 0.3) is 0 Å². The van der Waals surface area contributed by atoms with E-state index >= 15 is 0 Å². The molecule has 0 saturated carbocycles. The number of hydrogen-bond donors (Lipinski definition) is 0. The van der Waals surface area contributed by atoms with Crippen molar-refractivity contribution in [2.75, 3.05) is 30.6 Å². The molecule has 4 unspecified atom stereocenters. The highest BCUT2D eigenvalue weighted by atomic mass is 31.2. The van der Waals surface area contributed by atoms with Gasteiger partial charge in [0.2, 0.25) is 0 Å². The van der Waals surface area contributed by atoms with E-state index in [9.17, 15) is 0 Å². The summed E-state index contributed by atoms with van der Waals surface area (Å²) in [5.41, 5.74) is 0. The van der Waals surface area contributed by atoms with Gasteiger partial charge in [-0.1, -0.05) is 92.9 Å². The summed E-state index contributed by atoms with van der Waals surface area (Å²) in [6.07, 6.45) is 17.5. The van der Waals surface area contributed by atoms with Gasteiger partial charge in [0.05, 0.1) is 0 Å². The molecule has 0 fully saturated rings. The van der Waals surface area contributed by atoms with Crippen molar-refractivity contribution in [3.8, 4) is 0 Å². The molecule has 0 N–H and O–H groups in total. The topological polar surface area (TPSA) is 0 Å². The number of rotatable bonds is 16. The van der Waals surface area contributed by atoms with Gasteiger partial charge in [-0.15, -0.1) is 15.8 Å². The molecule has 0 bridgehead atoms. The minimum absolute atomic E-state index is 0.315. The van der Waals surface area contributed by atoms with Crippen LogP contribution in [0.4, 0.5) is 0 Å². The monoisotopic (exact) mass is 360 g/mol. The summed E-state index contributed by atoms with van der Waals surface area (Å²) in [4.78, 5) is 0. The fourth-order valence-electron chi connectivity index (χ4n) is 3.42. The fourth-order valence-corrected chi connectivity index (χ4v) is 11.1. The maximum absolute atomic E-state index is 2.47. The zero-order chi connectivity index (χ0) is 17.5. The van der Waals surface area contributed by atoms with E-state index in [1.165, 1.54) is 63.7 Å². The zero-order valence-electron chi connectivity index (χ0n) is 17.2. The number of hydrogen-bond acceptors (Lipinski definition) is 0. The Morgan fingerprint density at radius 2 is 1.00 bits per heavy atom. The lowest BCUT2D eigenvalue weighted by atomic mass is 10.0. The van der Waals surface area contributed by atoms with Crippen LogP contribution in [0, 0.1) is 11.8 Å². The summed E-state index contributed by atoms with van der Waals surface area (Å²) < 4.78 is 0. The van der Waals surface area contributed by atoms with E-state index in [0.29, 0.717) is 15.8 Å². The molecule has 0 aromatic rings. The maximum atomic E-state index is 2.47. The highest BCUT2D eigenvalue weighted by molar-refractivity contribution is 7.74. The van der Waals surface area contributed by atoms with Crippen molar-refractivity contribution in [3.05, 3.63) is 0 Å². The Kier molecular flexibility index (Phi) is 16.9. The zero-order valence-corrected chi connectivity index (χ0v) is 19.0. The van der Waals surface area contributed by atoms with E-state index in [-0.39, 0.29) is 0 Å². The Morgan fingerprint density at radius 1 is 0.609 bits per heavy atom. The molecule has 2 heteroatoms. The second kappa shape index (κ2) is 16.3. The van der Waals surface area contributed by atoms with Crippen LogP contribution in [0.3, 0.4) is 0 Å². The average molecular weight is 361 g/mol. The Bertz CT molecular complexity index is 218. The summed E-state index contributed by atoms with van der Waals surface area (Å²) >= 11 is 0. The summed E-state index contributed by atoms with van der Waals surface area (Å²) in [5, 5.41) is 0. The third kappa shape index (κ3) is 11.9. The molecular weight excluding hydrogens is 314 g/mol. The minimum Gasteiger partial charge on any atom is -0.102 e. The van der Waals surface area contributed by atoms with E-state index in [1.54, 1.807) is 18.2 Å². The van der Waals surface area contributed by atoms with Crippen molar-refractivity contribution in [1.29, 1.82) is 0 Å². The van der Waals surface area contributed by atoms with Crippen LogP contribution in [-0.4, -0.2) is 30.6 Å². The second-order valence-electron chi connectivity index (χ2n) is 7.31. The molecule has 0 heterocycles. The summed E-state index contributed by atoms with van der Waals surface area (Å²) in [6, 6.07) is 0. The van der Waals surface area contributed by atoms with Crippen LogP contribution in [0.1, 0.15) is 92.9 Å². The van der Waals surface area contributed by atoms with Gasteiger partial charge in [0.15, 0.2) is 0 Å². The number of unbranched alkanes of at least 4 members (excludes halogenated alkanes) is 2. The van der Waals surface area contributed by atoms with Crippen LogP contribution in [0.5, 0.6) is 0 Å². The van der Waals surface area contributed by atoms with E-state index in [2.05, 4.69) is 41.5 Å². The first kappa shape index (κ1) is 23.9. The van der Waals surface area contributed by atoms with Crippen molar-refractivity contribution in [2.45, 2.75) is 92.9 Å². The molecule has 140 valence electrons. The van der Waals surface area contributed by atoms with Crippen LogP contribution in [0.15, 0.2) is 0 Å². The largest absolute Gasteiger partial charge is 0.102 e. The lowest BCUT2D eigenvalue weighted by Gasteiger charge is -2.29. The third-order valence-electron chi connectivity index (χ3n) is 5.41. The van der Waals surface area contributed by atoms with Gasteiger partial charge in [-0.3, -0.25) is 0 Å². The van der Waals surface area contributed by atoms with Gasteiger partial charge < -0.3 is 0 Å². The molecule has 4 atom stereocenters. The van der Waals surface area contributed by atoms with Gasteiger partial charge >= 0.3 is 0 Å². The Hall–Kier alpha value is 0.860. The highest BCUT2D eigenvalue weighted by Crippen LogP contribution is 2.53. The third-order valence-corrected chi connectivity index (χ3v) is 12.5. The van der Waals surface area contributed by atoms with Crippen molar-refractivity contribution < 1.29 is 0 Å². The van der Waals surface area contributed by atoms with Crippen molar-refractivity contribution in [1.82, 2.24) is 0 Å². The first-order valence-electron chi connectivity index (χ1n) is 10.6. The SMILES string of the molecule is CCCCC(CC)CP(CC)CP(CC)CC(CC)CCCC. The molecule has 0 aliphatic heterocycles. The molecule has 0 spiro atoms. The van der Waals surface area contributed by atoms with Crippen LogP contribution >= 0.6 is 15.8 Å². The van der Waals surface area contributed by atoms with Crippen LogP contribution in [0.2, 0.25) is 0 Å². The summed E-state index contributed by atoms with van der Waals surface area (Å²) in [7, 11) is 0.630. The van der Waals surface area contributed by atoms with Crippen molar-refractivity contribution in [2.24, 2.45) is 11.8 Å². The molecule has 23 heavy (non-hydrogen) atoms. The summed E-state index contributed by atoms with van der Waals surface area (Å²) in [6.45, 7) is 14.5. The lowest BCUT2D eigenvalue weighted by molar-refractivity contribution is 0.496. The van der Waals surface area contributed by atoms with E-state index in [4.69, 9.17) is 0 Å². The molecular formula is C21H46P2. The quantitative estimate of drug-likeness (QED) is 0.242. The Morgan fingerprint density at radius 3 is 1.26 bits per heavy atom. The lowest BCUT2D eigenvalue weighted by Crippen LogP contribution is -2.10. The molecule has 0 amide bonds. The van der Waals surface area contributed by atoms with Crippen molar-refractivity contribution in [3.63, 3.8) is 0 Å². The fraction of sp³-hybridized carbons (Fsp3) is 1.00. The van der Waals surface area contributed by atoms with Crippen LogP contribution in [-0.2, 0) is 0 Å². The normalized spacial score (nSPS) is 17.0. The van der Waals surface area contributed by atoms with E-state index in [0.717, 1.165) is 11.8 Å². The second-order valence-corrected chi connectivity index (χ2v) is 13.1. The van der Waals surface area contributed by atoms with Gasteiger partial charge in [-0.2, -0.15) is 0 Å². The van der Waals surface area contributed by atoms with Crippen molar-refractivity contribution >= 4 is 15.8 Å². The first-order chi connectivity index (χ1) is 11.1. The van der Waals surface area contributed by atoms with Gasteiger partial charge in [-0.05, 0) is 42.4 Å². The standard InChI is InChI=1S/C21H46P2/c1-7-13-15-20(9-3)17-22(11-5)19-23(12-6)18-21(10-4)16-14-8-2/h20-21H,7-19H2,1-6H3. The molecule has 0 aromatic carbocycles. The molecule has 0 rings (SSSR count). The van der Waals surface area contributed by atoms with Crippen LogP contribution in [0.25, 0.3) is 0 Å². The molecule has 0 aliphatic carbocycles. The average Bonchev–Trinajstić information content (AvgIpc) is 2.59. The molecule has 0 aliphatic rings. The highest BCUT2D eigenvalue weighted by Gasteiger charge is 2.19. The van der Waals surface area contributed by atoms with Gasteiger partial charge in [0.1, 0.15) is 0 Å². The minimum atomic E-state index is 0.315. The van der Waals surface area contributed by atoms with Crippen LogP contribution < -0.4 is 0 Å². The smallest absolute Gasteiger partial charge is 0.0120 e. The molecule has 0 radical (unpaired) electrons. The maximum Gasteiger partial charge on any atom is -0.0120 e. The molecule has 0 nitrogen and oxygen atoms in total. The van der Waals surface area contributed by atoms with Gasteiger partial charge in [-0.25, -0.2) is 0 Å². The molecule has 0 saturated heterocycles. The first-order valence-corrected chi connectivity index (χ1v) is 14.4. The van der Waals surface area contributed by atoms with Gasteiger partial charge in [0, 0.05) is 0 Å².